The van der Waals surface area contributed by atoms with Crippen LogP contribution in [-0.4, -0.2) is 47.7 Å². The van der Waals surface area contributed by atoms with Crippen LogP contribution in [0.2, 0.25) is 0 Å². The Morgan fingerprint density at radius 1 is 1.42 bits per heavy atom. The first-order chi connectivity index (χ1) is 11.7. The van der Waals surface area contributed by atoms with Crippen LogP contribution in [0.5, 0.6) is 0 Å². The van der Waals surface area contributed by atoms with Gasteiger partial charge < -0.3 is 14.6 Å². The molecule has 2 saturated heterocycles. The minimum atomic E-state index is -0.000855. The maximum atomic E-state index is 12.3. The van der Waals surface area contributed by atoms with Crippen LogP contribution in [-0.2, 0) is 18.3 Å². The van der Waals surface area contributed by atoms with Crippen molar-refractivity contribution in [3.8, 4) is 0 Å². The zero-order valence-corrected chi connectivity index (χ0v) is 14.7. The van der Waals surface area contributed by atoms with Crippen molar-refractivity contribution in [2.75, 3.05) is 26.2 Å². The average Bonchev–Trinajstić information content (AvgIpc) is 3.31. The molecule has 128 valence electrons. The number of carbonyl (C=O) groups excluding carboxylic acids is 1. The molecule has 24 heavy (non-hydrogen) atoms. The number of nitrogens with zero attached hydrogens (tertiary/aromatic N) is 2. The molecule has 0 aromatic carbocycles. The molecule has 2 fully saturated rings. The minimum Gasteiger partial charge on any atom is -0.376 e. The summed E-state index contributed by atoms with van der Waals surface area (Å²) >= 11 is 1.75. The fourth-order valence-corrected chi connectivity index (χ4v) is 4.53. The molecule has 1 N–H and O–H groups in total. The van der Waals surface area contributed by atoms with E-state index in [0.29, 0.717) is 30.2 Å². The van der Waals surface area contributed by atoms with Gasteiger partial charge in [0, 0.05) is 51.3 Å². The van der Waals surface area contributed by atoms with Crippen LogP contribution in [0, 0.1) is 11.8 Å². The highest BCUT2D eigenvalue weighted by Crippen LogP contribution is 2.34. The molecule has 1 amide bonds. The highest BCUT2D eigenvalue weighted by atomic mass is 32.1. The Morgan fingerprint density at radius 3 is 3.08 bits per heavy atom. The van der Waals surface area contributed by atoms with Crippen LogP contribution in [0.4, 0.5) is 0 Å². The van der Waals surface area contributed by atoms with Crippen LogP contribution in [0.15, 0.2) is 35.2 Å². The Hall–Kier alpha value is -1.63. The Balaban J connectivity index is 1.31. The third kappa shape index (κ3) is 3.14. The molecule has 4 rings (SSSR count). The van der Waals surface area contributed by atoms with Gasteiger partial charge in [0.1, 0.15) is 5.69 Å². The molecule has 0 radical (unpaired) electrons. The van der Waals surface area contributed by atoms with Gasteiger partial charge in [-0.3, -0.25) is 9.69 Å². The van der Waals surface area contributed by atoms with Crippen LogP contribution in [0.3, 0.4) is 0 Å². The smallest absolute Gasteiger partial charge is 0.267 e. The predicted molar refractivity (Wildman–Crippen MR) is 94.1 cm³/mol. The molecule has 0 bridgehead atoms. The van der Waals surface area contributed by atoms with Crippen molar-refractivity contribution in [3.05, 3.63) is 46.4 Å². The van der Waals surface area contributed by atoms with Gasteiger partial charge in [-0.15, -0.1) is 0 Å². The van der Waals surface area contributed by atoms with Crippen molar-refractivity contribution in [3.63, 3.8) is 0 Å². The van der Waals surface area contributed by atoms with Gasteiger partial charge in [0.15, 0.2) is 0 Å². The molecule has 2 aromatic rings. The Morgan fingerprint density at radius 2 is 2.33 bits per heavy atom. The van der Waals surface area contributed by atoms with E-state index in [0.717, 1.165) is 26.2 Å². The lowest BCUT2D eigenvalue weighted by atomic mass is 9.93. The van der Waals surface area contributed by atoms with E-state index in [1.807, 2.05) is 29.9 Å². The van der Waals surface area contributed by atoms with Crippen molar-refractivity contribution in [1.82, 2.24) is 14.8 Å². The second kappa shape index (κ2) is 6.70. The number of ether oxygens (including phenoxy) is 1. The number of rotatable bonds is 5. The van der Waals surface area contributed by atoms with Gasteiger partial charge in [-0.1, -0.05) is 0 Å². The van der Waals surface area contributed by atoms with Gasteiger partial charge >= 0.3 is 0 Å². The number of aryl methyl sites for hydroxylation is 1. The van der Waals surface area contributed by atoms with E-state index in [1.54, 1.807) is 11.3 Å². The largest absolute Gasteiger partial charge is 0.376 e. The first kappa shape index (κ1) is 15.9. The molecule has 4 heterocycles. The van der Waals surface area contributed by atoms with Crippen LogP contribution >= 0.6 is 11.3 Å². The molecule has 2 aromatic heterocycles. The summed E-state index contributed by atoms with van der Waals surface area (Å²) in [5.74, 6) is 0.933. The van der Waals surface area contributed by atoms with E-state index in [-0.39, 0.29) is 5.91 Å². The molecule has 3 atom stereocenters. The van der Waals surface area contributed by atoms with Gasteiger partial charge in [0.05, 0.1) is 12.7 Å². The number of hydrogen-bond acceptors (Lipinski definition) is 4. The van der Waals surface area contributed by atoms with Crippen LogP contribution < -0.4 is 5.32 Å². The monoisotopic (exact) mass is 345 g/mol. The molecule has 0 spiro atoms. The molecule has 2 aliphatic heterocycles. The van der Waals surface area contributed by atoms with Crippen molar-refractivity contribution < 1.29 is 9.53 Å². The van der Waals surface area contributed by atoms with Crippen LogP contribution in [0.25, 0.3) is 0 Å². The summed E-state index contributed by atoms with van der Waals surface area (Å²) in [6.45, 7) is 4.52. The number of fused-ring (bicyclic) bond motifs is 1. The Bertz CT molecular complexity index is 697. The summed E-state index contributed by atoms with van der Waals surface area (Å²) in [5.41, 5.74) is 2.09. The third-order valence-corrected chi connectivity index (χ3v) is 5.93. The number of nitrogens with one attached hydrogen (secondary N) is 1. The standard InChI is InChI=1S/C18H23N3O2S/c1-20-5-2-3-16(20)18(22)19-7-14-11-23-17-10-21(9-15(14)17)8-13-4-6-24-12-13/h2-6,12,14-15,17H,7-11H2,1H3,(H,19,22)/t14-,15+,17+/m1/s1. The van der Waals surface area contributed by atoms with Gasteiger partial charge in [0.2, 0.25) is 0 Å². The van der Waals surface area contributed by atoms with Gasteiger partial charge in [-0.25, -0.2) is 0 Å². The SMILES string of the molecule is Cn1cccc1C(=O)NC[C@@H]1CO[C@H]2CN(Cc3ccsc3)C[C@@H]12. The zero-order chi connectivity index (χ0) is 16.5. The molecular weight excluding hydrogens is 322 g/mol. The molecule has 0 aliphatic carbocycles. The average molecular weight is 345 g/mol. The quantitative estimate of drug-likeness (QED) is 0.901. The summed E-state index contributed by atoms with van der Waals surface area (Å²) in [6, 6.07) is 5.93. The van der Waals surface area contributed by atoms with E-state index in [2.05, 4.69) is 27.0 Å². The van der Waals surface area contributed by atoms with Gasteiger partial charge in [0.25, 0.3) is 5.91 Å². The summed E-state index contributed by atoms with van der Waals surface area (Å²) < 4.78 is 7.84. The molecule has 6 heteroatoms. The first-order valence-corrected chi connectivity index (χ1v) is 9.39. The summed E-state index contributed by atoms with van der Waals surface area (Å²) in [7, 11) is 1.89. The van der Waals surface area contributed by atoms with Gasteiger partial charge in [-0.2, -0.15) is 11.3 Å². The highest BCUT2D eigenvalue weighted by molar-refractivity contribution is 7.07. The summed E-state index contributed by atoms with van der Waals surface area (Å²) in [5, 5.41) is 7.43. The van der Waals surface area contributed by atoms with E-state index < -0.39 is 0 Å². The molecule has 5 nitrogen and oxygen atoms in total. The lowest BCUT2D eigenvalue weighted by Gasteiger charge is -2.19. The van der Waals surface area contributed by atoms with E-state index in [1.165, 1.54) is 5.56 Å². The van der Waals surface area contributed by atoms with E-state index in [4.69, 9.17) is 4.74 Å². The number of carbonyl (C=O) groups is 1. The number of amides is 1. The van der Waals surface area contributed by atoms with E-state index in [9.17, 15) is 4.79 Å². The van der Waals surface area contributed by atoms with Crippen molar-refractivity contribution >= 4 is 17.2 Å². The minimum absolute atomic E-state index is 0.000855. The molecule has 0 unspecified atom stereocenters. The van der Waals surface area contributed by atoms with Crippen molar-refractivity contribution in [1.29, 1.82) is 0 Å². The van der Waals surface area contributed by atoms with Crippen molar-refractivity contribution in [2.45, 2.75) is 12.6 Å². The molecule has 2 aliphatic rings. The Labute approximate surface area is 146 Å². The van der Waals surface area contributed by atoms with Crippen LogP contribution in [0.1, 0.15) is 16.1 Å². The maximum Gasteiger partial charge on any atom is 0.267 e. The number of thiophene rings is 1. The number of likely N-dealkylation sites (tertiary alicyclic amines) is 1. The van der Waals surface area contributed by atoms with E-state index >= 15 is 0 Å². The highest BCUT2D eigenvalue weighted by Gasteiger charge is 2.43. The Kier molecular flexibility index (Phi) is 4.43. The summed E-state index contributed by atoms with van der Waals surface area (Å²) in [6.07, 6.45) is 2.21. The topological polar surface area (TPSA) is 46.5 Å². The molecular formula is C18H23N3O2S. The molecule has 0 saturated carbocycles. The third-order valence-electron chi connectivity index (χ3n) is 5.20. The zero-order valence-electron chi connectivity index (χ0n) is 13.9. The fraction of sp³-hybridized carbons (Fsp3) is 0.500. The van der Waals surface area contributed by atoms with Gasteiger partial charge in [-0.05, 0) is 34.5 Å². The fourth-order valence-electron chi connectivity index (χ4n) is 3.87. The second-order valence-corrected chi connectivity index (χ2v) is 7.62. The predicted octanol–water partition coefficient (Wildman–Crippen LogP) is 1.96. The summed E-state index contributed by atoms with van der Waals surface area (Å²) in [4.78, 5) is 14.7. The lowest BCUT2D eigenvalue weighted by Crippen LogP contribution is -2.34. The number of hydrogen-bond donors (Lipinski definition) is 1. The first-order valence-electron chi connectivity index (χ1n) is 8.45. The van der Waals surface area contributed by atoms with Crippen molar-refractivity contribution in [2.24, 2.45) is 18.9 Å². The number of aromatic nitrogens is 1. The second-order valence-electron chi connectivity index (χ2n) is 6.84. The lowest BCUT2D eigenvalue weighted by molar-refractivity contribution is 0.0899. The maximum absolute atomic E-state index is 12.3. The normalized spacial score (nSPS) is 26.6.